The first-order chi connectivity index (χ1) is 7.56. The van der Waals surface area contributed by atoms with Crippen molar-refractivity contribution in [1.82, 2.24) is 0 Å². The number of ether oxygens (including phenoxy) is 1. The molecule has 0 fully saturated rings. The Balaban J connectivity index is 2.52. The van der Waals surface area contributed by atoms with E-state index in [-0.39, 0.29) is 12.0 Å². The van der Waals surface area contributed by atoms with Crippen LogP contribution in [-0.2, 0) is 5.41 Å². The van der Waals surface area contributed by atoms with Gasteiger partial charge < -0.3 is 14.7 Å². The first kappa shape index (κ1) is 11.3. The summed E-state index contributed by atoms with van der Waals surface area (Å²) in [6, 6.07) is 6.12. The van der Waals surface area contributed by atoms with Crippen LogP contribution >= 0.6 is 0 Å². The van der Waals surface area contributed by atoms with Gasteiger partial charge in [0.05, 0.1) is 18.8 Å². The second-order valence-electron chi connectivity index (χ2n) is 4.97. The lowest BCUT2D eigenvalue weighted by Gasteiger charge is -2.33. The van der Waals surface area contributed by atoms with Crippen molar-refractivity contribution in [2.45, 2.75) is 19.3 Å². The first-order valence-electron chi connectivity index (χ1n) is 5.64. The summed E-state index contributed by atoms with van der Waals surface area (Å²) in [7, 11) is 2.07. The summed E-state index contributed by atoms with van der Waals surface area (Å²) in [6.07, 6.45) is 0. The SMILES string of the molecule is CN1CCOc2c1cccc2C(C)(C)CO. The van der Waals surface area contributed by atoms with Crippen molar-refractivity contribution in [2.24, 2.45) is 0 Å². The van der Waals surface area contributed by atoms with Gasteiger partial charge in [-0.05, 0) is 6.07 Å². The maximum atomic E-state index is 9.45. The van der Waals surface area contributed by atoms with Gasteiger partial charge in [0, 0.05) is 18.0 Å². The Morgan fingerprint density at radius 1 is 1.44 bits per heavy atom. The quantitative estimate of drug-likeness (QED) is 0.826. The molecule has 0 bridgehead atoms. The van der Waals surface area contributed by atoms with E-state index >= 15 is 0 Å². The minimum Gasteiger partial charge on any atom is -0.489 e. The van der Waals surface area contributed by atoms with Crippen LogP contribution in [0.15, 0.2) is 18.2 Å². The van der Waals surface area contributed by atoms with E-state index in [4.69, 9.17) is 4.74 Å². The molecule has 1 N–H and O–H groups in total. The number of para-hydroxylation sites is 1. The van der Waals surface area contributed by atoms with Gasteiger partial charge in [-0.1, -0.05) is 26.0 Å². The maximum absolute atomic E-state index is 9.45. The van der Waals surface area contributed by atoms with Crippen molar-refractivity contribution in [3.05, 3.63) is 23.8 Å². The van der Waals surface area contributed by atoms with E-state index in [9.17, 15) is 5.11 Å². The molecule has 1 aliphatic heterocycles. The van der Waals surface area contributed by atoms with Crippen LogP contribution in [0, 0.1) is 0 Å². The van der Waals surface area contributed by atoms with Crippen LogP contribution in [0.5, 0.6) is 5.75 Å². The minimum atomic E-state index is -0.260. The molecule has 0 aliphatic carbocycles. The van der Waals surface area contributed by atoms with Crippen LogP contribution < -0.4 is 9.64 Å². The standard InChI is InChI=1S/C13H19NO2/c1-13(2,9-15)10-5-4-6-11-12(10)16-8-7-14(11)3/h4-6,15H,7-9H2,1-3H3. The van der Waals surface area contributed by atoms with Gasteiger partial charge in [0.15, 0.2) is 0 Å². The molecule has 1 aliphatic rings. The Morgan fingerprint density at radius 2 is 2.19 bits per heavy atom. The zero-order chi connectivity index (χ0) is 11.8. The lowest BCUT2D eigenvalue weighted by Crippen LogP contribution is -2.31. The fraction of sp³-hybridized carbons (Fsp3) is 0.538. The average molecular weight is 221 g/mol. The van der Waals surface area contributed by atoms with Gasteiger partial charge in [0.25, 0.3) is 0 Å². The van der Waals surface area contributed by atoms with Gasteiger partial charge in [-0.3, -0.25) is 0 Å². The molecule has 0 saturated carbocycles. The number of hydrogen-bond acceptors (Lipinski definition) is 3. The van der Waals surface area contributed by atoms with Crippen molar-refractivity contribution in [1.29, 1.82) is 0 Å². The van der Waals surface area contributed by atoms with E-state index in [2.05, 4.69) is 18.0 Å². The smallest absolute Gasteiger partial charge is 0.146 e. The molecule has 1 aromatic rings. The average Bonchev–Trinajstić information content (AvgIpc) is 2.29. The summed E-state index contributed by atoms with van der Waals surface area (Å²) in [5, 5.41) is 9.45. The molecule has 0 atom stereocenters. The highest BCUT2D eigenvalue weighted by Crippen LogP contribution is 2.40. The van der Waals surface area contributed by atoms with E-state index in [1.54, 1.807) is 0 Å². The molecule has 0 saturated heterocycles. The second kappa shape index (κ2) is 3.98. The fourth-order valence-corrected chi connectivity index (χ4v) is 2.00. The predicted octanol–water partition coefficient (Wildman–Crippen LogP) is 1.79. The van der Waals surface area contributed by atoms with Gasteiger partial charge in [-0.15, -0.1) is 0 Å². The number of benzene rings is 1. The topological polar surface area (TPSA) is 32.7 Å². The lowest BCUT2D eigenvalue weighted by atomic mass is 9.84. The van der Waals surface area contributed by atoms with Crippen molar-refractivity contribution < 1.29 is 9.84 Å². The van der Waals surface area contributed by atoms with Gasteiger partial charge in [-0.25, -0.2) is 0 Å². The third-order valence-corrected chi connectivity index (χ3v) is 3.20. The molecular formula is C13H19NO2. The Morgan fingerprint density at radius 3 is 2.88 bits per heavy atom. The molecule has 2 rings (SSSR count). The fourth-order valence-electron chi connectivity index (χ4n) is 2.00. The highest BCUT2D eigenvalue weighted by atomic mass is 16.5. The van der Waals surface area contributed by atoms with Gasteiger partial charge >= 0.3 is 0 Å². The first-order valence-corrected chi connectivity index (χ1v) is 5.64. The molecule has 0 radical (unpaired) electrons. The Kier molecular flexibility index (Phi) is 2.80. The predicted molar refractivity (Wildman–Crippen MR) is 65.3 cm³/mol. The molecule has 0 aromatic heterocycles. The Bertz CT molecular complexity index is 388. The number of hydrogen-bond donors (Lipinski definition) is 1. The number of anilines is 1. The number of aliphatic hydroxyl groups excluding tert-OH is 1. The molecule has 1 aromatic carbocycles. The molecule has 0 unspecified atom stereocenters. The van der Waals surface area contributed by atoms with Crippen LogP contribution in [-0.4, -0.2) is 31.9 Å². The lowest BCUT2D eigenvalue weighted by molar-refractivity contribution is 0.211. The monoisotopic (exact) mass is 221 g/mol. The number of nitrogens with zero attached hydrogens (tertiary/aromatic N) is 1. The minimum absolute atomic E-state index is 0.122. The molecule has 16 heavy (non-hydrogen) atoms. The van der Waals surface area contributed by atoms with Gasteiger partial charge in [-0.2, -0.15) is 0 Å². The number of likely N-dealkylation sites (N-methyl/N-ethyl adjacent to an activating group) is 1. The summed E-state index contributed by atoms with van der Waals surface area (Å²) < 4.78 is 5.76. The Hall–Kier alpha value is -1.22. The van der Waals surface area contributed by atoms with E-state index in [1.807, 2.05) is 26.0 Å². The zero-order valence-electron chi connectivity index (χ0n) is 10.2. The van der Waals surface area contributed by atoms with Gasteiger partial charge in [0.1, 0.15) is 12.4 Å². The summed E-state index contributed by atoms with van der Waals surface area (Å²) in [6.45, 7) is 5.80. The van der Waals surface area contributed by atoms with E-state index in [0.717, 1.165) is 23.5 Å². The molecule has 3 heteroatoms. The van der Waals surface area contributed by atoms with E-state index in [1.165, 1.54) is 0 Å². The maximum Gasteiger partial charge on any atom is 0.146 e. The largest absolute Gasteiger partial charge is 0.489 e. The number of fused-ring (bicyclic) bond motifs is 1. The normalized spacial score (nSPS) is 15.6. The van der Waals surface area contributed by atoms with E-state index in [0.29, 0.717) is 6.61 Å². The van der Waals surface area contributed by atoms with Crippen LogP contribution in [0.25, 0.3) is 0 Å². The van der Waals surface area contributed by atoms with Crippen molar-refractivity contribution in [3.63, 3.8) is 0 Å². The summed E-state index contributed by atoms with van der Waals surface area (Å²) in [5.41, 5.74) is 1.94. The number of aliphatic hydroxyl groups is 1. The number of rotatable bonds is 2. The third-order valence-electron chi connectivity index (χ3n) is 3.20. The van der Waals surface area contributed by atoms with Crippen molar-refractivity contribution >= 4 is 5.69 Å². The van der Waals surface area contributed by atoms with E-state index < -0.39 is 0 Å². The molecule has 3 nitrogen and oxygen atoms in total. The van der Waals surface area contributed by atoms with Crippen LogP contribution in [0.1, 0.15) is 19.4 Å². The van der Waals surface area contributed by atoms with Crippen LogP contribution in [0.2, 0.25) is 0 Å². The molecular weight excluding hydrogens is 202 g/mol. The van der Waals surface area contributed by atoms with Crippen molar-refractivity contribution in [3.8, 4) is 5.75 Å². The van der Waals surface area contributed by atoms with Crippen molar-refractivity contribution in [2.75, 3.05) is 31.7 Å². The van der Waals surface area contributed by atoms with Crippen LogP contribution in [0.3, 0.4) is 0 Å². The molecule has 0 amide bonds. The molecule has 1 heterocycles. The second-order valence-corrected chi connectivity index (χ2v) is 4.97. The molecule has 88 valence electrons. The summed E-state index contributed by atoms with van der Waals surface area (Å²) in [5.74, 6) is 0.926. The highest BCUT2D eigenvalue weighted by Gasteiger charge is 2.27. The highest BCUT2D eigenvalue weighted by molar-refractivity contribution is 5.64. The Labute approximate surface area is 96.6 Å². The van der Waals surface area contributed by atoms with Gasteiger partial charge in [0.2, 0.25) is 0 Å². The summed E-state index contributed by atoms with van der Waals surface area (Å²) >= 11 is 0. The zero-order valence-corrected chi connectivity index (χ0v) is 10.2. The summed E-state index contributed by atoms with van der Waals surface area (Å²) in [4.78, 5) is 2.19. The third kappa shape index (κ3) is 1.76. The van der Waals surface area contributed by atoms with Crippen LogP contribution in [0.4, 0.5) is 5.69 Å². The molecule has 0 spiro atoms.